The van der Waals surface area contributed by atoms with E-state index >= 15 is 0 Å². The number of rotatable bonds is 0. The van der Waals surface area contributed by atoms with Crippen molar-refractivity contribution < 1.29 is 0 Å². The minimum Gasteiger partial charge on any atom is -0.325 e. The van der Waals surface area contributed by atoms with E-state index in [9.17, 15) is 4.79 Å². The van der Waals surface area contributed by atoms with Crippen LogP contribution in [0.25, 0.3) is 0 Å². The first kappa shape index (κ1) is 9.01. The first-order valence-electron chi connectivity index (χ1n) is 4.86. The lowest BCUT2D eigenvalue weighted by Gasteiger charge is -2.20. The Kier molecular flexibility index (Phi) is 2.12. The highest BCUT2D eigenvalue weighted by Crippen LogP contribution is 2.22. The number of fused-ring (bicyclic) bond motifs is 1. The Morgan fingerprint density at radius 1 is 1.64 bits per heavy atom. The van der Waals surface area contributed by atoms with Crippen molar-refractivity contribution in [3.05, 3.63) is 33.2 Å². The SMILES string of the molecule is CC1CCc2cc(C#N)c(=O)[nH]c2C1. The average molecular weight is 188 g/mol. The molecular weight excluding hydrogens is 176 g/mol. The highest BCUT2D eigenvalue weighted by atomic mass is 16.1. The van der Waals surface area contributed by atoms with Gasteiger partial charge in [-0.25, -0.2) is 0 Å². The topological polar surface area (TPSA) is 56.6 Å². The molecule has 1 N–H and O–H groups in total. The fourth-order valence-electron chi connectivity index (χ4n) is 1.95. The number of aromatic nitrogens is 1. The molecule has 0 aromatic carbocycles. The normalized spacial score (nSPS) is 19.9. The van der Waals surface area contributed by atoms with E-state index in [1.165, 1.54) is 0 Å². The molecule has 0 bridgehead atoms. The molecular formula is C11H12N2O. The molecule has 3 nitrogen and oxygen atoms in total. The standard InChI is InChI=1S/C11H12N2O/c1-7-2-3-8-5-9(6-12)11(14)13-10(8)4-7/h5,7H,2-4H2,1H3,(H,13,14). The summed E-state index contributed by atoms with van der Waals surface area (Å²) in [7, 11) is 0. The summed E-state index contributed by atoms with van der Waals surface area (Å²) in [6.07, 6.45) is 3.04. The summed E-state index contributed by atoms with van der Waals surface area (Å²) in [6, 6.07) is 3.65. The molecule has 1 aromatic heterocycles. The number of nitrogens with zero attached hydrogens (tertiary/aromatic N) is 1. The highest BCUT2D eigenvalue weighted by molar-refractivity contribution is 5.34. The average Bonchev–Trinajstić information content (AvgIpc) is 2.16. The van der Waals surface area contributed by atoms with Crippen molar-refractivity contribution in [1.82, 2.24) is 4.98 Å². The smallest absolute Gasteiger partial charge is 0.266 e. The molecule has 3 heteroatoms. The molecule has 1 aromatic rings. The molecule has 0 fully saturated rings. The first-order valence-corrected chi connectivity index (χ1v) is 4.86. The van der Waals surface area contributed by atoms with Crippen LogP contribution < -0.4 is 5.56 Å². The van der Waals surface area contributed by atoms with Gasteiger partial charge < -0.3 is 4.98 Å². The van der Waals surface area contributed by atoms with E-state index in [2.05, 4.69) is 11.9 Å². The van der Waals surface area contributed by atoms with Gasteiger partial charge in [0.1, 0.15) is 11.6 Å². The van der Waals surface area contributed by atoms with Crippen LogP contribution in [0.5, 0.6) is 0 Å². The van der Waals surface area contributed by atoms with Crippen molar-refractivity contribution in [1.29, 1.82) is 5.26 Å². The Hall–Kier alpha value is -1.56. The van der Waals surface area contributed by atoms with Gasteiger partial charge in [-0.1, -0.05) is 6.92 Å². The molecule has 1 unspecified atom stereocenters. The number of hydrogen-bond acceptors (Lipinski definition) is 2. The lowest BCUT2D eigenvalue weighted by molar-refractivity contribution is 0.491. The lowest BCUT2D eigenvalue weighted by atomic mass is 9.88. The van der Waals surface area contributed by atoms with E-state index in [4.69, 9.17) is 5.26 Å². The van der Waals surface area contributed by atoms with E-state index in [0.29, 0.717) is 5.92 Å². The molecule has 0 saturated heterocycles. The maximum absolute atomic E-state index is 11.4. The van der Waals surface area contributed by atoms with Gasteiger partial charge in [0.05, 0.1) is 0 Å². The zero-order valence-corrected chi connectivity index (χ0v) is 8.13. The molecule has 0 radical (unpaired) electrons. The number of aromatic amines is 1. The maximum atomic E-state index is 11.4. The number of nitriles is 1. The minimum atomic E-state index is -0.250. The molecule has 1 aliphatic rings. The van der Waals surface area contributed by atoms with Crippen LogP contribution in [0.15, 0.2) is 10.9 Å². The molecule has 1 heterocycles. The summed E-state index contributed by atoms with van der Waals surface area (Å²) in [5.74, 6) is 0.631. The Morgan fingerprint density at radius 3 is 3.14 bits per heavy atom. The fraction of sp³-hybridized carbons (Fsp3) is 0.455. The zero-order chi connectivity index (χ0) is 10.1. The molecule has 0 amide bonds. The third-order valence-electron chi connectivity index (χ3n) is 2.79. The molecule has 0 spiro atoms. The monoisotopic (exact) mass is 188 g/mol. The van der Waals surface area contributed by atoms with Crippen LogP contribution in [0.4, 0.5) is 0 Å². The number of nitrogens with one attached hydrogen (secondary N) is 1. The molecule has 0 saturated carbocycles. The maximum Gasteiger partial charge on any atom is 0.266 e. The van der Waals surface area contributed by atoms with Crippen molar-refractivity contribution >= 4 is 0 Å². The number of hydrogen-bond donors (Lipinski definition) is 1. The number of pyridine rings is 1. The van der Waals surface area contributed by atoms with Gasteiger partial charge in [-0.3, -0.25) is 4.79 Å². The molecule has 2 rings (SSSR count). The van der Waals surface area contributed by atoms with Crippen LogP contribution in [0.3, 0.4) is 0 Å². The summed E-state index contributed by atoms with van der Waals surface area (Å²) in [6.45, 7) is 2.18. The third-order valence-corrected chi connectivity index (χ3v) is 2.79. The number of H-pyrrole nitrogens is 1. The molecule has 72 valence electrons. The van der Waals surface area contributed by atoms with Crippen molar-refractivity contribution in [3.8, 4) is 6.07 Å². The van der Waals surface area contributed by atoms with E-state index in [1.807, 2.05) is 6.07 Å². The predicted molar refractivity (Wildman–Crippen MR) is 53.0 cm³/mol. The predicted octanol–water partition coefficient (Wildman–Crippen LogP) is 1.37. The van der Waals surface area contributed by atoms with E-state index in [1.54, 1.807) is 6.07 Å². The van der Waals surface area contributed by atoms with Crippen molar-refractivity contribution in [2.45, 2.75) is 26.2 Å². The summed E-state index contributed by atoms with van der Waals surface area (Å²) in [5.41, 5.74) is 2.14. The van der Waals surface area contributed by atoms with Crippen LogP contribution in [0.2, 0.25) is 0 Å². The van der Waals surface area contributed by atoms with Crippen LogP contribution >= 0.6 is 0 Å². The molecule has 0 aliphatic heterocycles. The van der Waals surface area contributed by atoms with E-state index < -0.39 is 0 Å². The minimum absolute atomic E-state index is 0.235. The highest BCUT2D eigenvalue weighted by Gasteiger charge is 2.17. The second-order valence-electron chi connectivity index (χ2n) is 3.98. The zero-order valence-electron chi connectivity index (χ0n) is 8.13. The van der Waals surface area contributed by atoms with Crippen molar-refractivity contribution in [2.75, 3.05) is 0 Å². The fourth-order valence-corrected chi connectivity index (χ4v) is 1.95. The molecule has 1 aliphatic carbocycles. The largest absolute Gasteiger partial charge is 0.325 e. The second kappa shape index (κ2) is 3.30. The summed E-state index contributed by atoms with van der Waals surface area (Å²) in [4.78, 5) is 14.2. The van der Waals surface area contributed by atoms with Gasteiger partial charge in [-0.05, 0) is 36.8 Å². The van der Waals surface area contributed by atoms with Crippen molar-refractivity contribution in [3.63, 3.8) is 0 Å². The summed E-state index contributed by atoms with van der Waals surface area (Å²) in [5, 5.41) is 8.70. The van der Waals surface area contributed by atoms with Crippen LogP contribution in [-0.2, 0) is 12.8 Å². The van der Waals surface area contributed by atoms with Gasteiger partial charge in [-0.15, -0.1) is 0 Å². The van der Waals surface area contributed by atoms with Crippen LogP contribution in [0, 0.1) is 17.2 Å². The Balaban J connectivity index is 2.52. The quantitative estimate of drug-likeness (QED) is 0.668. The summed E-state index contributed by atoms with van der Waals surface area (Å²) >= 11 is 0. The van der Waals surface area contributed by atoms with Crippen LogP contribution in [0.1, 0.15) is 30.2 Å². The van der Waals surface area contributed by atoms with E-state index in [0.717, 1.165) is 30.5 Å². The number of aryl methyl sites for hydroxylation is 1. The third kappa shape index (κ3) is 1.44. The van der Waals surface area contributed by atoms with Gasteiger partial charge in [0, 0.05) is 5.69 Å². The first-order chi connectivity index (χ1) is 6.70. The Labute approximate surface area is 82.4 Å². The summed E-state index contributed by atoms with van der Waals surface area (Å²) < 4.78 is 0. The lowest BCUT2D eigenvalue weighted by Crippen LogP contribution is -2.20. The molecule has 1 atom stereocenters. The van der Waals surface area contributed by atoms with Crippen LogP contribution in [-0.4, -0.2) is 4.98 Å². The Bertz CT molecular complexity index is 453. The van der Waals surface area contributed by atoms with Gasteiger partial charge in [0.2, 0.25) is 0 Å². The second-order valence-corrected chi connectivity index (χ2v) is 3.98. The van der Waals surface area contributed by atoms with Gasteiger partial charge >= 0.3 is 0 Å². The molecule has 14 heavy (non-hydrogen) atoms. The van der Waals surface area contributed by atoms with Crippen molar-refractivity contribution in [2.24, 2.45) is 5.92 Å². The van der Waals surface area contributed by atoms with Gasteiger partial charge in [-0.2, -0.15) is 5.26 Å². The van der Waals surface area contributed by atoms with Gasteiger partial charge in [0.25, 0.3) is 5.56 Å². The Morgan fingerprint density at radius 2 is 2.43 bits per heavy atom. The van der Waals surface area contributed by atoms with Gasteiger partial charge in [0.15, 0.2) is 0 Å². The van der Waals surface area contributed by atoms with E-state index in [-0.39, 0.29) is 11.1 Å².